The van der Waals surface area contributed by atoms with E-state index in [9.17, 15) is 18.0 Å². The highest BCUT2D eigenvalue weighted by Crippen LogP contribution is 2.29. The molecule has 1 aliphatic heterocycles. The molecule has 0 aliphatic carbocycles. The van der Waals surface area contributed by atoms with Crippen LogP contribution in [0.3, 0.4) is 0 Å². The predicted octanol–water partition coefficient (Wildman–Crippen LogP) is 2.97. The Kier molecular flexibility index (Phi) is 3.67. The van der Waals surface area contributed by atoms with E-state index in [2.05, 4.69) is 5.10 Å². The van der Waals surface area contributed by atoms with E-state index in [1.165, 1.54) is 17.1 Å². The van der Waals surface area contributed by atoms with Gasteiger partial charge in [-0.2, -0.15) is 18.3 Å². The molecule has 22 heavy (non-hydrogen) atoms. The van der Waals surface area contributed by atoms with Crippen LogP contribution in [0.15, 0.2) is 35.1 Å². The van der Waals surface area contributed by atoms with Crippen LogP contribution in [0.1, 0.15) is 35.1 Å². The minimum absolute atomic E-state index is 0.128. The molecule has 0 bridgehead atoms. The fourth-order valence-corrected chi connectivity index (χ4v) is 2.58. The van der Waals surface area contributed by atoms with Crippen molar-refractivity contribution in [1.29, 1.82) is 0 Å². The summed E-state index contributed by atoms with van der Waals surface area (Å²) in [4.78, 5) is 13.7. The number of nitrogens with zero attached hydrogens (tertiary/aromatic N) is 3. The highest BCUT2D eigenvalue weighted by atomic mass is 19.4. The van der Waals surface area contributed by atoms with Crippen LogP contribution in [-0.4, -0.2) is 33.7 Å². The van der Waals surface area contributed by atoms with Gasteiger partial charge in [0, 0.05) is 19.3 Å². The number of likely N-dealkylation sites (tertiary alicyclic amines) is 1. The number of aromatic nitrogens is 2. The Morgan fingerprint density at radius 3 is 2.55 bits per heavy atom. The number of rotatable bonds is 2. The van der Waals surface area contributed by atoms with Crippen molar-refractivity contribution in [2.75, 3.05) is 13.1 Å². The molecule has 8 heteroatoms. The van der Waals surface area contributed by atoms with Crippen molar-refractivity contribution in [2.45, 2.75) is 25.1 Å². The van der Waals surface area contributed by atoms with Gasteiger partial charge in [-0.15, -0.1) is 0 Å². The Balaban J connectivity index is 1.62. The quantitative estimate of drug-likeness (QED) is 0.856. The first-order valence-corrected chi connectivity index (χ1v) is 6.90. The molecule has 0 N–H and O–H groups in total. The van der Waals surface area contributed by atoms with Gasteiger partial charge in [-0.05, 0) is 31.0 Å². The third-order valence-corrected chi connectivity index (χ3v) is 3.76. The molecule has 5 nitrogen and oxygen atoms in total. The van der Waals surface area contributed by atoms with E-state index in [1.54, 1.807) is 17.0 Å². The van der Waals surface area contributed by atoms with Crippen LogP contribution in [0.25, 0.3) is 0 Å². The van der Waals surface area contributed by atoms with Gasteiger partial charge in [0.2, 0.25) is 0 Å². The maximum absolute atomic E-state index is 12.6. The maximum Gasteiger partial charge on any atom is 0.435 e. The Labute approximate surface area is 124 Å². The molecule has 0 saturated carbocycles. The average Bonchev–Trinajstić information content (AvgIpc) is 3.17. The van der Waals surface area contributed by atoms with Gasteiger partial charge in [0.15, 0.2) is 11.5 Å². The molecule has 1 aliphatic rings. The fraction of sp³-hybridized carbons (Fsp3) is 0.429. The molecule has 1 fully saturated rings. The number of halogens is 3. The Morgan fingerprint density at radius 1 is 1.27 bits per heavy atom. The number of alkyl halides is 3. The van der Waals surface area contributed by atoms with Crippen molar-refractivity contribution in [3.8, 4) is 0 Å². The molecule has 0 spiro atoms. The van der Waals surface area contributed by atoms with E-state index in [0.717, 1.165) is 6.07 Å². The normalized spacial score (nSPS) is 17.0. The topological polar surface area (TPSA) is 51.3 Å². The molecule has 118 valence electrons. The second-order valence-corrected chi connectivity index (χ2v) is 5.18. The van der Waals surface area contributed by atoms with E-state index in [0.29, 0.717) is 25.9 Å². The summed E-state index contributed by atoms with van der Waals surface area (Å²) < 4.78 is 44.1. The SMILES string of the molecule is O=C(c1ccco1)N1CCC(n2ccc(C(F)(F)F)n2)CC1. The first kappa shape index (κ1) is 14.7. The highest BCUT2D eigenvalue weighted by molar-refractivity contribution is 5.91. The highest BCUT2D eigenvalue weighted by Gasteiger charge is 2.34. The third kappa shape index (κ3) is 2.86. The molecule has 3 rings (SSSR count). The second-order valence-electron chi connectivity index (χ2n) is 5.18. The van der Waals surface area contributed by atoms with Gasteiger partial charge in [0.05, 0.1) is 12.3 Å². The summed E-state index contributed by atoms with van der Waals surface area (Å²) >= 11 is 0. The zero-order chi connectivity index (χ0) is 15.7. The minimum atomic E-state index is -4.43. The van der Waals surface area contributed by atoms with E-state index in [4.69, 9.17) is 4.42 Å². The molecular weight excluding hydrogens is 299 g/mol. The van der Waals surface area contributed by atoms with Crippen molar-refractivity contribution >= 4 is 5.91 Å². The van der Waals surface area contributed by atoms with Crippen molar-refractivity contribution < 1.29 is 22.4 Å². The van der Waals surface area contributed by atoms with Gasteiger partial charge in [-0.25, -0.2) is 0 Å². The number of hydrogen-bond acceptors (Lipinski definition) is 3. The first-order valence-electron chi connectivity index (χ1n) is 6.90. The lowest BCUT2D eigenvalue weighted by Crippen LogP contribution is -2.39. The Hall–Kier alpha value is -2.25. The van der Waals surface area contributed by atoms with Crippen LogP contribution in [0.5, 0.6) is 0 Å². The van der Waals surface area contributed by atoms with Crippen molar-refractivity contribution in [3.63, 3.8) is 0 Å². The van der Waals surface area contributed by atoms with Crippen LogP contribution < -0.4 is 0 Å². The van der Waals surface area contributed by atoms with E-state index < -0.39 is 11.9 Å². The van der Waals surface area contributed by atoms with Gasteiger partial charge in [0.1, 0.15) is 0 Å². The lowest BCUT2D eigenvalue weighted by Gasteiger charge is -2.31. The van der Waals surface area contributed by atoms with E-state index in [-0.39, 0.29) is 17.7 Å². The predicted molar refractivity (Wildman–Crippen MR) is 70.1 cm³/mol. The summed E-state index contributed by atoms with van der Waals surface area (Å²) in [6.45, 7) is 0.927. The Morgan fingerprint density at radius 2 is 2.00 bits per heavy atom. The Bertz CT molecular complexity index is 641. The molecule has 0 radical (unpaired) electrons. The molecule has 0 unspecified atom stereocenters. The fourth-order valence-electron chi connectivity index (χ4n) is 2.58. The van der Waals surface area contributed by atoms with Crippen LogP contribution in [0, 0.1) is 0 Å². The molecule has 0 aromatic carbocycles. The summed E-state index contributed by atoms with van der Waals surface area (Å²) in [5, 5.41) is 3.59. The van der Waals surface area contributed by atoms with Crippen LogP contribution in [0.4, 0.5) is 13.2 Å². The average molecular weight is 313 g/mol. The molecule has 2 aromatic rings. The number of hydrogen-bond donors (Lipinski definition) is 0. The lowest BCUT2D eigenvalue weighted by atomic mass is 10.1. The first-order chi connectivity index (χ1) is 10.4. The van der Waals surface area contributed by atoms with Gasteiger partial charge in [-0.1, -0.05) is 0 Å². The van der Waals surface area contributed by atoms with Crippen molar-refractivity contribution in [2.24, 2.45) is 0 Å². The summed E-state index contributed by atoms with van der Waals surface area (Å²) in [5.41, 5.74) is -0.887. The smallest absolute Gasteiger partial charge is 0.435 e. The number of carbonyl (C=O) groups excluding carboxylic acids is 1. The van der Waals surface area contributed by atoms with Crippen LogP contribution >= 0.6 is 0 Å². The number of piperidine rings is 1. The van der Waals surface area contributed by atoms with Crippen LogP contribution in [-0.2, 0) is 6.18 Å². The molecule has 1 amide bonds. The number of amides is 1. The van der Waals surface area contributed by atoms with E-state index >= 15 is 0 Å². The molecule has 0 atom stereocenters. The molecule has 1 saturated heterocycles. The van der Waals surface area contributed by atoms with Gasteiger partial charge >= 0.3 is 6.18 Å². The van der Waals surface area contributed by atoms with Gasteiger partial charge in [0.25, 0.3) is 5.91 Å². The van der Waals surface area contributed by atoms with E-state index in [1.807, 2.05) is 0 Å². The van der Waals surface area contributed by atoms with Gasteiger partial charge in [-0.3, -0.25) is 9.48 Å². The second kappa shape index (κ2) is 5.51. The largest absolute Gasteiger partial charge is 0.459 e. The number of furan rings is 1. The zero-order valence-corrected chi connectivity index (χ0v) is 11.6. The lowest BCUT2D eigenvalue weighted by molar-refractivity contribution is -0.141. The standard InChI is InChI=1S/C14H14F3N3O2/c15-14(16,17)12-5-8-20(18-12)10-3-6-19(7-4-10)13(21)11-2-1-9-22-11/h1-2,5,8-10H,3-4,6-7H2. The van der Waals surface area contributed by atoms with Crippen molar-refractivity contribution in [1.82, 2.24) is 14.7 Å². The van der Waals surface area contributed by atoms with Crippen molar-refractivity contribution in [3.05, 3.63) is 42.1 Å². The summed E-state index contributed by atoms with van der Waals surface area (Å²) in [5.74, 6) is 0.0804. The molecule has 2 aromatic heterocycles. The third-order valence-electron chi connectivity index (χ3n) is 3.76. The van der Waals surface area contributed by atoms with Gasteiger partial charge < -0.3 is 9.32 Å². The monoisotopic (exact) mass is 313 g/mol. The molecular formula is C14H14F3N3O2. The summed E-state index contributed by atoms with van der Waals surface area (Å²) in [6.07, 6.45) is -0.530. The minimum Gasteiger partial charge on any atom is -0.459 e. The zero-order valence-electron chi connectivity index (χ0n) is 11.6. The molecule has 3 heterocycles. The summed E-state index contributed by atoms with van der Waals surface area (Å²) in [7, 11) is 0. The maximum atomic E-state index is 12.6. The number of carbonyl (C=O) groups is 1. The van der Waals surface area contributed by atoms with Crippen LogP contribution in [0.2, 0.25) is 0 Å². The summed E-state index contributed by atoms with van der Waals surface area (Å²) in [6, 6.07) is 4.08.